The highest BCUT2D eigenvalue weighted by Gasteiger charge is 2.09. The monoisotopic (exact) mass is 170 g/mol. The molecule has 0 aliphatic carbocycles. The van der Waals surface area contributed by atoms with E-state index in [1.54, 1.807) is 7.11 Å². The Kier molecular flexibility index (Phi) is 3.73. The predicted molar refractivity (Wildman–Crippen MR) is 43.8 cm³/mol. The highest BCUT2D eigenvalue weighted by atomic mass is 16.5. The summed E-state index contributed by atoms with van der Waals surface area (Å²) in [6.45, 7) is 2.88. The van der Waals surface area contributed by atoms with Crippen molar-refractivity contribution in [2.75, 3.05) is 13.7 Å². The van der Waals surface area contributed by atoms with Gasteiger partial charge in [-0.1, -0.05) is 12.1 Å². The number of rotatable bonds is 5. The Labute approximate surface area is 71.9 Å². The molecule has 0 N–H and O–H groups in total. The van der Waals surface area contributed by atoms with E-state index in [-0.39, 0.29) is 0 Å². The number of aromatic nitrogens is 2. The van der Waals surface area contributed by atoms with Crippen molar-refractivity contribution in [3.8, 4) is 0 Å². The van der Waals surface area contributed by atoms with Gasteiger partial charge in [-0.3, -0.25) is 0 Å². The van der Waals surface area contributed by atoms with Crippen LogP contribution in [-0.2, 0) is 4.74 Å². The second-order valence-corrected chi connectivity index (χ2v) is 2.83. The fourth-order valence-corrected chi connectivity index (χ4v) is 1.06. The van der Waals surface area contributed by atoms with Gasteiger partial charge in [0.15, 0.2) is 5.82 Å². The lowest BCUT2D eigenvalue weighted by Gasteiger charge is -2.04. The first kappa shape index (κ1) is 9.19. The minimum Gasteiger partial charge on any atom is -0.385 e. The van der Waals surface area contributed by atoms with E-state index in [0.717, 1.165) is 25.3 Å². The summed E-state index contributed by atoms with van der Waals surface area (Å²) in [6, 6.07) is 0. The molecule has 0 radical (unpaired) electrons. The summed E-state index contributed by atoms with van der Waals surface area (Å²) in [7, 11) is 1.71. The van der Waals surface area contributed by atoms with Crippen molar-refractivity contribution in [2.45, 2.75) is 25.7 Å². The lowest BCUT2D eigenvalue weighted by Crippen LogP contribution is -1.98. The van der Waals surface area contributed by atoms with Crippen molar-refractivity contribution in [1.82, 2.24) is 10.1 Å². The molecule has 0 fully saturated rings. The molecular weight excluding hydrogens is 156 g/mol. The van der Waals surface area contributed by atoms with Crippen LogP contribution in [0.3, 0.4) is 0 Å². The maximum absolute atomic E-state index is 4.95. The van der Waals surface area contributed by atoms with E-state index in [1.807, 2.05) is 0 Å². The molecular formula is C8H14N2O2. The fraction of sp³-hybridized carbons (Fsp3) is 0.750. The molecule has 1 aromatic heterocycles. The van der Waals surface area contributed by atoms with Gasteiger partial charge in [-0.2, -0.15) is 4.98 Å². The molecule has 1 heterocycles. The molecule has 68 valence electrons. The molecule has 0 aromatic carbocycles. The van der Waals surface area contributed by atoms with Crippen LogP contribution in [0.2, 0.25) is 0 Å². The summed E-state index contributed by atoms with van der Waals surface area (Å²) in [6.07, 6.45) is 3.43. The average molecular weight is 170 g/mol. The SMILES string of the molecule is COCCCC(C)c1ncon1. The Morgan fingerprint density at radius 3 is 3.08 bits per heavy atom. The maximum atomic E-state index is 4.95. The standard InChI is InChI=1S/C8H14N2O2/c1-7(4-3-5-11-2)8-9-6-12-10-8/h6-7H,3-5H2,1-2H3. The topological polar surface area (TPSA) is 48.2 Å². The number of ether oxygens (including phenoxy) is 1. The van der Waals surface area contributed by atoms with Crippen LogP contribution >= 0.6 is 0 Å². The van der Waals surface area contributed by atoms with Crippen molar-refractivity contribution in [1.29, 1.82) is 0 Å². The van der Waals surface area contributed by atoms with Gasteiger partial charge >= 0.3 is 0 Å². The highest BCUT2D eigenvalue weighted by Crippen LogP contribution is 2.15. The molecule has 1 aromatic rings. The van der Waals surface area contributed by atoms with Crippen molar-refractivity contribution >= 4 is 0 Å². The summed E-state index contributed by atoms with van der Waals surface area (Å²) < 4.78 is 9.59. The molecule has 0 spiro atoms. The third kappa shape index (κ3) is 2.62. The van der Waals surface area contributed by atoms with Crippen LogP contribution < -0.4 is 0 Å². The lowest BCUT2D eigenvalue weighted by atomic mass is 10.1. The number of nitrogens with zero attached hydrogens (tertiary/aromatic N) is 2. The van der Waals surface area contributed by atoms with E-state index < -0.39 is 0 Å². The zero-order valence-electron chi connectivity index (χ0n) is 7.49. The molecule has 0 aliphatic rings. The molecule has 4 heteroatoms. The van der Waals surface area contributed by atoms with E-state index >= 15 is 0 Å². The van der Waals surface area contributed by atoms with E-state index in [0.29, 0.717) is 5.92 Å². The molecule has 0 amide bonds. The third-order valence-electron chi connectivity index (χ3n) is 1.80. The summed E-state index contributed by atoms with van der Waals surface area (Å²) in [4.78, 5) is 3.98. The number of methoxy groups -OCH3 is 1. The second kappa shape index (κ2) is 4.87. The summed E-state index contributed by atoms with van der Waals surface area (Å²) in [5.74, 6) is 1.14. The second-order valence-electron chi connectivity index (χ2n) is 2.83. The fourth-order valence-electron chi connectivity index (χ4n) is 1.06. The third-order valence-corrected chi connectivity index (χ3v) is 1.80. The molecule has 0 saturated carbocycles. The summed E-state index contributed by atoms with van der Waals surface area (Å²) in [5.41, 5.74) is 0. The normalized spacial score (nSPS) is 13.2. The molecule has 1 atom stereocenters. The first-order valence-electron chi connectivity index (χ1n) is 4.09. The van der Waals surface area contributed by atoms with Crippen molar-refractivity contribution in [3.05, 3.63) is 12.2 Å². The van der Waals surface area contributed by atoms with Crippen LogP contribution in [0.25, 0.3) is 0 Å². The van der Waals surface area contributed by atoms with Crippen molar-refractivity contribution in [3.63, 3.8) is 0 Å². The highest BCUT2D eigenvalue weighted by molar-refractivity contribution is 4.88. The Bertz CT molecular complexity index is 199. The molecule has 1 unspecified atom stereocenters. The first-order valence-corrected chi connectivity index (χ1v) is 4.09. The number of hydrogen-bond acceptors (Lipinski definition) is 4. The number of hydrogen-bond donors (Lipinski definition) is 0. The van der Waals surface area contributed by atoms with Gasteiger partial charge in [-0.05, 0) is 12.8 Å². The Morgan fingerprint density at radius 1 is 1.67 bits per heavy atom. The van der Waals surface area contributed by atoms with Gasteiger partial charge in [-0.25, -0.2) is 0 Å². The van der Waals surface area contributed by atoms with Gasteiger partial charge in [0.2, 0.25) is 6.39 Å². The van der Waals surface area contributed by atoms with Gasteiger partial charge in [0.25, 0.3) is 0 Å². The van der Waals surface area contributed by atoms with Gasteiger partial charge in [0.05, 0.1) is 0 Å². The maximum Gasteiger partial charge on any atom is 0.213 e. The van der Waals surface area contributed by atoms with Gasteiger partial charge in [0, 0.05) is 19.6 Å². The zero-order valence-corrected chi connectivity index (χ0v) is 7.49. The lowest BCUT2D eigenvalue weighted by molar-refractivity contribution is 0.190. The molecule has 4 nitrogen and oxygen atoms in total. The van der Waals surface area contributed by atoms with Crippen LogP contribution in [-0.4, -0.2) is 23.9 Å². The van der Waals surface area contributed by atoms with Crippen LogP contribution in [0.1, 0.15) is 31.5 Å². The van der Waals surface area contributed by atoms with Gasteiger partial charge < -0.3 is 9.26 Å². The van der Waals surface area contributed by atoms with E-state index in [4.69, 9.17) is 4.74 Å². The molecule has 0 aliphatic heterocycles. The van der Waals surface area contributed by atoms with E-state index in [2.05, 4.69) is 21.6 Å². The average Bonchev–Trinajstić information content (AvgIpc) is 2.56. The smallest absolute Gasteiger partial charge is 0.213 e. The van der Waals surface area contributed by atoms with E-state index in [1.165, 1.54) is 6.39 Å². The van der Waals surface area contributed by atoms with E-state index in [9.17, 15) is 0 Å². The zero-order chi connectivity index (χ0) is 8.81. The van der Waals surface area contributed by atoms with Gasteiger partial charge in [0.1, 0.15) is 0 Å². The first-order chi connectivity index (χ1) is 5.84. The molecule has 0 saturated heterocycles. The Balaban J connectivity index is 2.25. The van der Waals surface area contributed by atoms with Crippen LogP contribution in [0.15, 0.2) is 10.9 Å². The van der Waals surface area contributed by atoms with Crippen molar-refractivity contribution < 1.29 is 9.26 Å². The summed E-state index contributed by atoms with van der Waals surface area (Å²) >= 11 is 0. The largest absolute Gasteiger partial charge is 0.385 e. The van der Waals surface area contributed by atoms with Gasteiger partial charge in [-0.15, -0.1) is 0 Å². The summed E-state index contributed by atoms with van der Waals surface area (Å²) in [5, 5.41) is 3.77. The molecule has 12 heavy (non-hydrogen) atoms. The van der Waals surface area contributed by atoms with Crippen molar-refractivity contribution in [2.24, 2.45) is 0 Å². The molecule has 1 rings (SSSR count). The van der Waals surface area contributed by atoms with Crippen LogP contribution in [0, 0.1) is 0 Å². The quantitative estimate of drug-likeness (QED) is 0.630. The molecule has 0 bridgehead atoms. The Hall–Kier alpha value is -0.900. The Morgan fingerprint density at radius 2 is 2.50 bits per heavy atom. The van der Waals surface area contributed by atoms with Crippen LogP contribution in [0.5, 0.6) is 0 Å². The van der Waals surface area contributed by atoms with Crippen LogP contribution in [0.4, 0.5) is 0 Å². The minimum atomic E-state index is 0.360. The minimum absolute atomic E-state index is 0.360. The predicted octanol–water partition coefficient (Wildman–Crippen LogP) is 1.60.